The molecule has 0 unspecified atom stereocenters. The number of nitrogens with one attached hydrogen (secondary N) is 3. The second kappa shape index (κ2) is 6.26. The monoisotopic (exact) mass is 320 g/mol. The van der Waals surface area contributed by atoms with Crippen molar-refractivity contribution in [1.82, 2.24) is 15.3 Å². The predicted octanol–water partition coefficient (Wildman–Crippen LogP) is 2.74. The fraction of sp³-hybridized carbons (Fsp3) is 0.500. The number of hydrogen-bond acceptors (Lipinski definition) is 4. The van der Waals surface area contributed by atoms with Gasteiger partial charge in [0.15, 0.2) is 5.78 Å². The van der Waals surface area contributed by atoms with Crippen LogP contribution in [0, 0.1) is 5.92 Å². The summed E-state index contributed by atoms with van der Waals surface area (Å²) in [5.74, 6) is 0.507. The zero-order valence-electron chi connectivity index (χ0n) is 12.4. The van der Waals surface area contributed by atoms with Gasteiger partial charge in [0, 0.05) is 29.1 Å². The molecule has 2 aromatic heterocycles. The Morgan fingerprint density at radius 2 is 2.00 bits per heavy atom. The van der Waals surface area contributed by atoms with E-state index in [9.17, 15) is 4.79 Å². The number of H-pyrrole nitrogens is 1. The maximum Gasteiger partial charge on any atom is 0.168 e. The standard InChI is InChI=1S/C16H20N4O.ClH/c21-15(10-1-2-10)14-9-19-16-13(14)7-12(8-18-16)20-11-3-5-17-6-4-11;/h7-11,17,20H,1-6H2,(H,18,19);1H. The second-order valence-electron chi connectivity index (χ2n) is 6.13. The number of ketones is 1. The highest BCUT2D eigenvalue weighted by molar-refractivity contribution is 6.09. The normalized spacial score (nSPS) is 18.9. The maximum absolute atomic E-state index is 12.3. The second-order valence-corrected chi connectivity index (χ2v) is 6.13. The van der Waals surface area contributed by atoms with E-state index in [0.29, 0.717) is 6.04 Å². The zero-order valence-corrected chi connectivity index (χ0v) is 13.2. The molecule has 1 aliphatic heterocycles. The first-order valence-corrected chi connectivity index (χ1v) is 7.80. The van der Waals surface area contributed by atoms with Gasteiger partial charge in [-0.3, -0.25) is 4.79 Å². The Balaban J connectivity index is 0.00000144. The molecule has 0 radical (unpaired) electrons. The van der Waals surface area contributed by atoms with Gasteiger partial charge in [-0.05, 0) is 44.8 Å². The number of nitrogens with zero attached hydrogens (tertiary/aromatic N) is 1. The topological polar surface area (TPSA) is 69.8 Å². The zero-order chi connectivity index (χ0) is 14.2. The first-order chi connectivity index (χ1) is 10.3. The molecule has 2 fully saturated rings. The number of fused-ring (bicyclic) bond motifs is 1. The van der Waals surface area contributed by atoms with Crippen LogP contribution < -0.4 is 10.6 Å². The van der Waals surface area contributed by atoms with Crippen molar-refractivity contribution in [3.05, 3.63) is 24.0 Å². The Labute approximate surface area is 135 Å². The summed E-state index contributed by atoms with van der Waals surface area (Å²) < 4.78 is 0. The van der Waals surface area contributed by atoms with Gasteiger partial charge in [0.05, 0.1) is 11.9 Å². The number of aromatic amines is 1. The molecule has 4 rings (SSSR count). The summed E-state index contributed by atoms with van der Waals surface area (Å²) in [6.45, 7) is 2.12. The van der Waals surface area contributed by atoms with Gasteiger partial charge >= 0.3 is 0 Å². The summed E-state index contributed by atoms with van der Waals surface area (Å²) in [4.78, 5) is 19.9. The van der Waals surface area contributed by atoms with E-state index in [1.54, 1.807) is 0 Å². The van der Waals surface area contributed by atoms with Crippen molar-refractivity contribution < 1.29 is 4.79 Å². The molecule has 1 saturated heterocycles. The summed E-state index contributed by atoms with van der Waals surface area (Å²) in [6.07, 6.45) is 7.98. The van der Waals surface area contributed by atoms with Crippen molar-refractivity contribution in [3.8, 4) is 0 Å². The van der Waals surface area contributed by atoms with Gasteiger partial charge in [-0.2, -0.15) is 0 Å². The number of halogens is 1. The van der Waals surface area contributed by atoms with Gasteiger partial charge in [0.1, 0.15) is 5.65 Å². The van der Waals surface area contributed by atoms with E-state index in [4.69, 9.17) is 0 Å². The van der Waals surface area contributed by atoms with Crippen LogP contribution in [0.1, 0.15) is 36.0 Å². The van der Waals surface area contributed by atoms with Crippen molar-refractivity contribution in [2.45, 2.75) is 31.7 Å². The summed E-state index contributed by atoms with van der Waals surface area (Å²) in [5, 5.41) is 7.86. The minimum absolute atomic E-state index is 0. The molecule has 1 saturated carbocycles. The number of aromatic nitrogens is 2. The number of pyridine rings is 1. The van der Waals surface area contributed by atoms with Gasteiger partial charge in [-0.15, -0.1) is 12.4 Å². The van der Waals surface area contributed by atoms with Crippen molar-refractivity contribution in [2.75, 3.05) is 18.4 Å². The van der Waals surface area contributed by atoms with E-state index in [1.807, 2.05) is 12.4 Å². The van der Waals surface area contributed by atoms with Crippen molar-refractivity contribution >= 4 is 34.9 Å². The molecule has 2 aliphatic rings. The first-order valence-electron chi connectivity index (χ1n) is 7.80. The molecular weight excluding hydrogens is 300 g/mol. The summed E-state index contributed by atoms with van der Waals surface area (Å²) in [6, 6.07) is 2.56. The third-order valence-corrected chi connectivity index (χ3v) is 4.45. The lowest BCUT2D eigenvalue weighted by molar-refractivity contribution is 0.0969. The SMILES string of the molecule is Cl.O=C(c1c[nH]c2ncc(NC3CCNCC3)cc12)C1CC1. The Hall–Kier alpha value is -1.59. The molecule has 3 heterocycles. The highest BCUT2D eigenvalue weighted by atomic mass is 35.5. The Kier molecular flexibility index (Phi) is 4.36. The Bertz CT molecular complexity index is 674. The highest BCUT2D eigenvalue weighted by Crippen LogP contribution is 2.34. The van der Waals surface area contributed by atoms with Crippen LogP contribution in [0.5, 0.6) is 0 Å². The minimum atomic E-state index is 0. The van der Waals surface area contributed by atoms with Crippen LogP contribution in [0.4, 0.5) is 5.69 Å². The lowest BCUT2D eigenvalue weighted by Crippen LogP contribution is -2.35. The lowest BCUT2D eigenvalue weighted by atomic mass is 10.1. The molecule has 5 nitrogen and oxygen atoms in total. The van der Waals surface area contributed by atoms with Crippen molar-refractivity contribution in [3.63, 3.8) is 0 Å². The van der Waals surface area contributed by atoms with Crippen molar-refractivity contribution in [1.29, 1.82) is 0 Å². The molecule has 0 atom stereocenters. The van der Waals surface area contributed by atoms with E-state index in [2.05, 4.69) is 26.7 Å². The van der Waals surface area contributed by atoms with Gasteiger partial charge in [0.25, 0.3) is 0 Å². The molecule has 1 aliphatic carbocycles. The smallest absolute Gasteiger partial charge is 0.168 e. The van der Waals surface area contributed by atoms with Crippen LogP contribution in [-0.4, -0.2) is 34.9 Å². The van der Waals surface area contributed by atoms with Gasteiger partial charge in [-0.25, -0.2) is 4.98 Å². The number of piperidine rings is 1. The maximum atomic E-state index is 12.3. The lowest BCUT2D eigenvalue weighted by Gasteiger charge is -2.24. The number of carbonyl (C=O) groups is 1. The van der Waals surface area contributed by atoms with E-state index >= 15 is 0 Å². The fourth-order valence-electron chi connectivity index (χ4n) is 3.05. The first kappa shape index (κ1) is 15.3. The van der Waals surface area contributed by atoms with E-state index < -0.39 is 0 Å². The molecule has 0 amide bonds. The molecule has 118 valence electrons. The molecule has 3 N–H and O–H groups in total. The molecule has 6 heteroatoms. The van der Waals surface area contributed by atoms with Gasteiger partial charge < -0.3 is 15.6 Å². The van der Waals surface area contributed by atoms with E-state index in [1.165, 1.54) is 0 Å². The molecular formula is C16H21ClN4O. The Morgan fingerprint density at radius 1 is 1.23 bits per heavy atom. The third-order valence-electron chi connectivity index (χ3n) is 4.45. The van der Waals surface area contributed by atoms with Crippen LogP contribution in [0.2, 0.25) is 0 Å². The molecule has 2 aromatic rings. The largest absolute Gasteiger partial charge is 0.381 e. The van der Waals surface area contributed by atoms with Gasteiger partial charge in [0.2, 0.25) is 0 Å². The minimum Gasteiger partial charge on any atom is -0.381 e. The van der Waals surface area contributed by atoms with Crippen LogP contribution in [0.3, 0.4) is 0 Å². The highest BCUT2D eigenvalue weighted by Gasteiger charge is 2.32. The number of carbonyl (C=O) groups excluding carboxylic acids is 1. The summed E-state index contributed by atoms with van der Waals surface area (Å²) >= 11 is 0. The molecule has 0 spiro atoms. The summed E-state index contributed by atoms with van der Waals surface area (Å²) in [7, 11) is 0. The summed E-state index contributed by atoms with van der Waals surface area (Å²) in [5.41, 5.74) is 2.61. The molecule has 22 heavy (non-hydrogen) atoms. The predicted molar refractivity (Wildman–Crippen MR) is 89.9 cm³/mol. The van der Waals surface area contributed by atoms with Crippen LogP contribution >= 0.6 is 12.4 Å². The van der Waals surface area contributed by atoms with E-state index in [-0.39, 0.29) is 24.1 Å². The number of rotatable bonds is 4. The molecule has 0 aromatic carbocycles. The average molecular weight is 321 g/mol. The average Bonchev–Trinajstić information content (AvgIpc) is 3.28. The number of hydrogen-bond donors (Lipinski definition) is 3. The quantitative estimate of drug-likeness (QED) is 0.758. The van der Waals surface area contributed by atoms with Gasteiger partial charge in [-0.1, -0.05) is 0 Å². The van der Waals surface area contributed by atoms with E-state index in [0.717, 1.165) is 61.1 Å². The third kappa shape index (κ3) is 2.96. The fourth-order valence-corrected chi connectivity index (χ4v) is 3.05. The van der Waals surface area contributed by atoms with Crippen LogP contribution in [-0.2, 0) is 0 Å². The number of Topliss-reactive ketones (excluding diaryl/α,β-unsaturated/α-hetero) is 1. The van der Waals surface area contributed by atoms with Crippen LogP contribution in [0.25, 0.3) is 11.0 Å². The number of anilines is 1. The Morgan fingerprint density at radius 3 is 2.73 bits per heavy atom. The van der Waals surface area contributed by atoms with Crippen LogP contribution in [0.15, 0.2) is 18.5 Å². The molecule has 0 bridgehead atoms. The van der Waals surface area contributed by atoms with Crippen molar-refractivity contribution in [2.24, 2.45) is 5.92 Å².